The number of aromatic amines is 1. The number of fused-ring (bicyclic) bond motifs is 2. The fraction of sp³-hybridized carbons (Fsp3) is 0.800. The Morgan fingerprint density at radius 1 is 1.27 bits per heavy atom. The minimum absolute atomic E-state index is 0.119. The molecule has 4 unspecified atom stereocenters. The lowest BCUT2D eigenvalue weighted by Gasteiger charge is -2.56. The highest BCUT2D eigenvalue weighted by Gasteiger charge is 2.57. The maximum Gasteiger partial charge on any atom is 0.0594 e. The van der Waals surface area contributed by atoms with Gasteiger partial charge in [-0.05, 0) is 78.6 Å². The van der Waals surface area contributed by atoms with Gasteiger partial charge < -0.3 is 9.84 Å². The van der Waals surface area contributed by atoms with Gasteiger partial charge in [-0.3, -0.25) is 10.00 Å². The molecule has 3 aliphatic carbocycles. The number of nitrogens with one attached hydrogen (secondary N) is 1. The molecule has 30 heavy (non-hydrogen) atoms. The van der Waals surface area contributed by atoms with E-state index in [1.54, 1.807) is 0 Å². The molecule has 2 saturated carbocycles. The maximum absolute atomic E-state index is 10.4. The number of rotatable bonds is 4. The van der Waals surface area contributed by atoms with Gasteiger partial charge in [-0.1, -0.05) is 26.0 Å². The van der Waals surface area contributed by atoms with Gasteiger partial charge in [-0.15, -0.1) is 0 Å². The van der Waals surface area contributed by atoms with Crippen LogP contribution in [-0.2, 0) is 17.6 Å². The van der Waals surface area contributed by atoms with Gasteiger partial charge in [0.1, 0.15) is 0 Å². The number of ether oxygens (including phenoxy) is 1. The van der Waals surface area contributed by atoms with Crippen LogP contribution in [0, 0.1) is 34.5 Å². The fourth-order valence-corrected chi connectivity index (χ4v) is 7.76. The van der Waals surface area contributed by atoms with Crippen molar-refractivity contribution >= 4 is 0 Å². The van der Waals surface area contributed by atoms with E-state index >= 15 is 0 Å². The van der Waals surface area contributed by atoms with Crippen LogP contribution in [-0.4, -0.2) is 59.7 Å². The molecule has 2 N–H and O–H groups in total. The number of allylic oxidation sites excluding steroid dienone is 1. The van der Waals surface area contributed by atoms with E-state index in [1.165, 1.54) is 49.1 Å². The standard InChI is InChI=1S/C25H39N3O2/c1-17-4-5-21-20(15-28-8-10-30-11-9-28)22(6-7-24(17,21)2)25(3)13-18-14-26-27-23(18)12-19(25)16-29/h14,19-22,29H,1,4-13,15-16H2,2-3H3,(H,26,27)/t19-,20?,21?,22?,24?,25+/m1/s1. The van der Waals surface area contributed by atoms with Crippen LogP contribution in [0.15, 0.2) is 18.3 Å². The molecular weight excluding hydrogens is 374 g/mol. The molecule has 5 rings (SSSR count). The van der Waals surface area contributed by atoms with Crippen LogP contribution >= 0.6 is 0 Å². The molecule has 3 fully saturated rings. The van der Waals surface area contributed by atoms with E-state index in [2.05, 4.69) is 35.5 Å². The second-order valence-corrected chi connectivity index (χ2v) is 11.0. The molecule has 6 atom stereocenters. The lowest BCUT2D eigenvalue weighted by atomic mass is 9.49. The van der Waals surface area contributed by atoms with Crippen molar-refractivity contribution < 1.29 is 9.84 Å². The number of hydrogen-bond donors (Lipinski definition) is 2. The highest BCUT2D eigenvalue weighted by atomic mass is 16.5. The Morgan fingerprint density at radius 3 is 2.83 bits per heavy atom. The Labute approximate surface area is 181 Å². The average Bonchev–Trinajstić information content (AvgIpc) is 3.31. The lowest BCUT2D eigenvalue weighted by molar-refractivity contribution is -0.0748. The van der Waals surface area contributed by atoms with Crippen LogP contribution < -0.4 is 0 Å². The van der Waals surface area contributed by atoms with Crippen LogP contribution in [0.2, 0.25) is 0 Å². The summed E-state index contributed by atoms with van der Waals surface area (Å²) < 4.78 is 5.64. The van der Waals surface area contributed by atoms with Gasteiger partial charge in [-0.25, -0.2) is 0 Å². The number of aromatic nitrogens is 2. The Kier molecular flexibility index (Phi) is 5.35. The van der Waals surface area contributed by atoms with Crippen molar-refractivity contribution in [1.29, 1.82) is 0 Å². The zero-order valence-electron chi connectivity index (χ0n) is 18.8. The number of nitrogens with zero attached hydrogens (tertiary/aromatic N) is 2. The zero-order chi connectivity index (χ0) is 20.9. The van der Waals surface area contributed by atoms with E-state index in [1.807, 2.05) is 6.20 Å². The number of hydrogen-bond acceptors (Lipinski definition) is 4. The maximum atomic E-state index is 10.4. The molecule has 1 aliphatic heterocycles. The minimum atomic E-state index is 0.119. The third-order valence-corrected chi connectivity index (χ3v) is 9.79. The lowest BCUT2D eigenvalue weighted by Crippen LogP contribution is -2.54. The molecule has 0 radical (unpaired) electrons. The second-order valence-electron chi connectivity index (χ2n) is 11.0. The van der Waals surface area contributed by atoms with Crippen LogP contribution in [0.3, 0.4) is 0 Å². The molecule has 1 aromatic heterocycles. The molecule has 0 amide bonds. The third-order valence-electron chi connectivity index (χ3n) is 9.79. The Bertz CT molecular complexity index is 785. The number of H-pyrrole nitrogens is 1. The van der Waals surface area contributed by atoms with E-state index in [-0.39, 0.29) is 12.0 Å². The first-order chi connectivity index (χ1) is 14.5. The molecule has 4 aliphatic rings. The summed E-state index contributed by atoms with van der Waals surface area (Å²) in [7, 11) is 0. The second kappa shape index (κ2) is 7.75. The van der Waals surface area contributed by atoms with Crippen LogP contribution in [0.5, 0.6) is 0 Å². The summed E-state index contributed by atoms with van der Waals surface area (Å²) in [5.41, 5.74) is 4.52. The first-order valence-corrected chi connectivity index (χ1v) is 12.1. The van der Waals surface area contributed by atoms with E-state index in [9.17, 15) is 5.11 Å². The van der Waals surface area contributed by atoms with Gasteiger partial charge in [0.05, 0.1) is 19.4 Å². The summed E-state index contributed by atoms with van der Waals surface area (Å²) in [6.45, 7) is 14.8. The molecule has 0 bridgehead atoms. The summed E-state index contributed by atoms with van der Waals surface area (Å²) in [4.78, 5) is 2.65. The summed E-state index contributed by atoms with van der Waals surface area (Å²) in [6.07, 6.45) is 8.99. The molecular formula is C25H39N3O2. The number of aliphatic hydroxyl groups excluding tert-OH is 1. The summed E-state index contributed by atoms with van der Waals surface area (Å²) in [5.74, 6) is 2.31. The third kappa shape index (κ3) is 3.20. The molecule has 1 aromatic rings. The Balaban J connectivity index is 1.49. The van der Waals surface area contributed by atoms with Crippen molar-refractivity contribution in [1.82, 2.24) is 15.1 Å². The first-order valence-electron chi connectivity index (χ1n) is 12.1. The van der Waals surface area contributed by atoms with Gasteiger partial charge in [0.15, 0.2) is 0 Å². The normalized spacial score (nSPS) is 42.2. The van der Waals surface area contributed by atoms with Gasteiger partial charge in [-0.2, -0.15) is 5.10 Å². The Hall–Kier alpha value is -1.17. The summed E-state index contributed by atoms with van der Waals surface area (Å²) in [5, 5.41) is 18.0. The number of morpholine rings is 1. The van der Waals surface area contributed by atoms with Crippen LogP contribution in [0.4, 0.5) is 0 Å². The van der Waals surface area contributed by atoms with Crippen molar-refractivity contribution in [3.63, 3.8) is 0 Å². The van der Waals surface area contributed by atoms with Crippen molar-refractivity contribution in [2.75, 3.05) is 39.5 Å². The predicted molar refractivity (Wildman–Crippen MR) is 118 cm³/mol. The molecule has 5 nitrogen and oxygen atoms in total. The summed E-state index contributed by atoms with van der Waals surface area (Å²) in [6, 6.07) is 0. The van der Waals surface area contributed by atoms with Gasteiger partial charge in [0.2, 0.25) is 0 Å². The van der Waals surface area contributed by atoms with Crippen LogP contribution in [0.25, 0.3) is 0 Å². The SMILES string of the molecule is C=C1CCC2C(CN3CCOCC3)C([C@@]3(C)Cc4cn[nH]c4C[C@@H]3CO)CCC12C. The summed E-state index contributed by atoms with van der Waals surface area (Å²) >= 11 is 0. The average molecular weight is 414 g/mol. The van der Waals surface area contributed by atoms with E-state index < -0.39 is 0 Å². The molecule has 0 aromatic carbocycles. The Morgan fingerprint density at radius 2 is 2.07 bits per heavy atom. The molecule has 166 valence electrons. The molecule has 5 heteroatoms. The molecule has 0 spiro atoms. The van der Waals surface area contributed by atoms with Gasteiger partial charge in [0, 0.05) is 31.9 Å². The van der Waals surface area contributed by atoms with Gasteiger partial charge >= 0.3 is 0 Å². The smallest absolute Gasteiger partial charge is 0.0594 e. The monoisotopic (exact) mass is 413 g/mol. The van der Waals surface area contributed by atoms with E-state index in [0.29, 0.717) is 29.1 Å². The zero-order valence-corrected chi connectivity index (χ0v) is 18.8. The predicted octanol–water partition coefficient (Wildman–Crippen LogP) is 3.45. The molecule has 2 heterocycles. The van der Waals surface area contributed by atoms with E-state index in [0.717, 1.165) is 39.1 Å². The molecule has 1 saturated heterocycles. The highest BCUT2D eigenvalue weighted by Crippen LogP contribution is 2.63. The quantitative estimate of drug-likeness (QED) is 0.742. The topological polar surface area (TPSA) is 61.4 Å². The van der Waals surface area contributed by atoms with Gasteiger partial charge in [0.25, 0.3) is 0 Å². The van der Waals surface area contributed by atoms with Crippen molar-refractivity contribution in [2.24, 2.45) is 34.5 Å². The largest absolute Gasteiger partial charge is 0.396 e. The van der Waals surface area contributed by atoms with Crippen molar-refractivity contribution in [2.45, 2.75) is 52.4 Å². The number of aliphatic hydroxyl groups is 1. The van der Waals surface area contributed by atoms with E-state index in [4.69, 9.17) is 4.74 Å². The first kappa shape index (κ1) is 20.7. The fourth-order valence-electron chi connectivity index (χ4n) is 7.76. The minimum Gasteiger partial charge on any atom is -0.396 e. The van der Waals surface area contributed by atoms with Crippen molar-refractivity contribution in [3.05, 3.63) is 29.6 Å². The highest BCUT2D eigenvalue weighted by molar-refractivity contribution is 5.26. The van der Waals surface area contributed by atoms with Crippen LogP contribution in [0.1, 0.15) is 50.8 Å². The van der Waals surface area contributed by atoms with Crippen molar-refractivity contribution in [3.8, 4) is 0 Å².